The molecule has 0 saturated heterocycles. The summed E-state index contributed by atoms with van der Waals surface area (Å²) >= 11 is 0. The third-order valence-corrected chi connectivity index (χ3v) is 2.08. The molecule has 0 aromatic carbocycles. The maximum atomic E-state index is 11.3. The van der Waals surface area contributed by atoms with Crippen LogP contribution in [0.2, 0.25) is 0 Å². The van der Waals surface area contributed by atoms with Crippen LogP contribution in [-0.2, 0) is 20.9 Å². The first-order valence-corrected chi connectivity index (χ1v) is 5.60. The van der Waals surface area contributed by atoms with Gasteiger partial charge in [-0.15, -0.1) is 0 Å². The van der Waals surface area contributed by atoms with Crippen LogP contribution in [0, 0.1) is 0 Å². The molecule has 0 spiro atoms. The predicted molar refractivity (Wildman–Crippen MR) is 61.1 cm³/mol. The molecule has 0 aliphatic rings. The summed E-state index contributed by atoms with van der Waals surface area (Å²) in [5.41, 5.74) is 0. The molecule has 0 saturated carbocycles. The summed E-state index contributed by atoms with van der Waals surface area (Å²) in [7, 11) is 0. The largest absolute Gasteiger partial charge is 0.466 e. The molecule has 1 amide bonds. The fourth-order valence-electron chi connectivity index (χ4n) is 1.31. The summed E-state index contributed by atoms with van der Waals surface area (Å²) in [6.07, 6.45) is 5.88. The van der Waals surface area contributed by atoms with Gasteiger partial charge in [0.2, 0.25) is 5.91 Å². The molecule has 0 unspecified atom stereocenters. The van der Waals surface area contributed by atoms with E-state index in [2.05, 4.69) is 15.0 Å². The topological polar surface area (TPSA) is 73.2 Å². The fourth-order valence-corrected chi connectivity index (χ4v) is 1.31. The third kappa shape index (κ3) is 5.70. The molecule has 6 heteroatoms. The molecule has 6 nitrogen and oxygen atoms in total. The van der Waals surface area contributed by atoms with Crippen LogP contribution in [0.5, 0.6) is 0 Å². The molecule has 0 bridgehead atoms. The number of esters is 1. The number of aromatic nitrogens is 2. The number of nitrogens with one attached hydrogen (secondary N) is 1. The smallest absolute Gasteiger partial charge is 0.315 e. The zero-order chi connectivity index (χ0) is 12.5. The maximum absolute atomic E-state index is 11.3. The lowest BCUT2D eigenvalue weighted by Gasteiger charge is -2.05. The number of nitrogens with zero attached hydrogens (tertiary/aromatic N) is 2. The Morgan fingerprint density at radius 3 is 2.94 bits per heavy atom. The van der Waals surface area contributed by atoms with Crippen LogP contribution in [0.25, 0.3) is 0 Å². The van der Waals surface area contributed by atoms with Crippen LogP contribution in [0.4, 0.5) is 0 Å². The van der Waals surface area contributed by atoms with Crippen molar-refractivity contribution in [1.29, 1.82) is 0 Å². The van der Waals surface area contributed by atoms with Crippen molar-refractivity contribution < 1.29 is 14.3 Å². The lowest BCUT2D eigenvalue weighted by Crippen LogP contribution is -2.27. The van der Waals surface area contributed by atoms with Crippen LogP contribution in [0.1, 0.15) is 19.8 Å². The number of carbonyl (C=O) groups is 2. The van der Waals surface area contributed by atoms with Gasteiger partial charge in [-0.25, -0.2) is 4.98 Å². The van der Waals surface area contributed by atoms with Gasteiger partial charge < -0.3 is 14.6 Å². The zero-order valence-corrected chi connectivity index (χ0v) is 9.89. The molecule has 1 rings (SSSR count). The van der Waals surface area contributed by atoms with Crippen molar-refractivity contribution >= 4 is 11.9 Å². The number of hydrogen-bond donors (Lipinski definition) is 1. The van der Waals surface area contributed by atoms with Gasteiger partial charge in [-0.3, -0.25) is 9.59 Å². The number of ether oxygens (including phenoxy) is 1. The Labute approximate surface area is 100.0 Å². The van der Waals surface area contributed by atoms with Gasteiger partial charge >= 0.3 is 5.97 Å². The molecule has 1 aromatic heterocycles. The number of rotatable bonds is 7. The summed E-state index contributed by atoms with van der Waals surface area (Å²) in [6, 6.07) is 0. The van der Waals surface area contributed by atoms with E-state index in [0.29, 0.717) is 13.2 Å². The molecule has 1 aromatic rings. The van der Waals surface area contributed by atoms with Gasteiger partial charge in [0, 0.05) is 25.5 Å². The van der Waals surface area contributed by atoms with Crippen molar-refractivity contribution in [2.24, 2.45) is 0 Å². The molecule has 94 valence electrons. The first kappa shape index (κ1) is 13.2. The summed E-state index contributed by atoms with van der Waals surface area (Å²) in [6.45, 7) is 3.34. The molecule has 0 atom stereocenters. The Balaban J connectivity index is 2.06. The van der Waals surface area contributed by atoms with E-state index in [1.54, 1.807) is 19.4 Å². The monoisotopic (exact) mass is 239 g/mol. The maximum Gasteiger partial charge on any atom is 0.315 e. The van der Waals surface area contributed by atoms with Crippen LogP contribution in [0.15, 0.2) is 18.7 Å². The van der Waals surface area contributed by atoms with Crippen LogP contribution < -0.4 is 5.32 Å². The van der Waals surface area contributed by atoms with E-state index in [1.807, 2.05) is 10.8 Å². The lowest BCUT2D eigenvalue weighted by atomic mass is 10.3. The Hall–Kier alpha value is -1.85. The molecule has 17 heavy (non-hydrogen) atoms. The van der Waals surface area contributed by atoms with E-state index in [4.69, 9.17) is 0 Å². The van der Waals surface area contributed by atoms with Crippen LogP contribution >= 0.6 is 0 Å². The zero-order valence-electron chi connectivity index (χ0n) is 9.89. The highest BCUT2D eigenvalue weighted by molar-refractivity contribution is 5.94. The van der Waals surface area contributed by atoms with Crippen molar-refractivity contribution in [3.05, 3.63) is 18.7 Å². The second-order valence-corrected chi connectivity index (χ2v) is 3.49. The highest BCUT2D eigenvalue weighted by Crippen LogP contribution is 1.90. The second-order valence-electron chi connectivity index (χ2n) is 3.49. The molecular formula is C11H17N3O3. The molecule has 1 N–H and O–H groups in total. The van der Waals surface area contributed by atoms with E-state index in [0.717, 1.165) is 13.0 Å². The standard InChI is InChI=1S/C11H17N3O3/c1-2-17-11(16)8-10(15)13-4-3-6-14-7-5-12-9-14/h5,7,9H,2-4,6,8H2,1H3,(H,13,15). The Morgan fingerprint density at radius 1 is 1.47 bits per heavy atom. The minimum absolute atomic E-state index is 0.209. The third-order valence-electron chi connectivity index (χ3n) is 2.08. The van der Waals surface area contributed by atoms with Crippen LogP contribution in [0.3, 0.4) is 0 Å². The average molecular weight is 239 g/mol. The predicted octanol–water partition coefficient (Wildman–Crippen LogP) is 0.343. The van der Waals surface area contributed by atoms with E-state index >= 15 is 0 Å². The van der Waals surface area contributed by atoms with Gasteiger partial charge in [0.25, 0.3) is 0 Å². The molecular weight excluding hydrogens is 222 g/mol. The Morgan fingerprint density at radius 2 is 2.29 bits per heavy atom. The van der Waals surface area contributed by atoms with E-state index in [9.17, 15) is 9.59 Å². The normalized spacial score (nSPS) is 9.94. The van der Waals surface area contributed by atoms with Gasteiger partial charge in [0.05, 0.1) is 12.9 Å². The Kier molecular flexibility index (Phi) is 5.77. The molecule has 0 aliphatic carbocycles. The molecule has 1 heterocycles. The highest BCUT2D eigenvalue weighted by Gasteiger charge is 2.08. The van der Waals surface area contributed by atoms with Crippen molar-refractivity contribution in [3.8, 4) is 0 Å². The summed E-state index contributed by atoms with van der Waals surface area (Å²) in [5, 5.41) is 2.66. The Bertz CT molecular complexity index is 349. The number of hydrogen-bond acceptors (Lipinski definition) is 4. The quantitative estimate of drug-likeness (QED) is 0.423. The molecule has 0 fully saturated rings. The first-order valence-electron chi connectivity index (χ1n) is 5.60. The van der Waals surface area contributed by atoms with Crippen molar-refractivity contribution in [2.75, 3.05) is 13.2 Å². The summed E-state index contributed by atoms with van der Waals surface area (Å²) in [4.78, 5) is 26.1. The number of imidazole rings is 1. The SMILES string of the molecule is CCOC(=O)CC(=O)NCCCn1ccnc1. The molecule has 0 radical (unpaired) electrons. The number of carbonyl (C=O) groups excluding carboxylic acids is 2. The summed E-state index contributed by atoms with van der Waals surface area (Å²) in [5.74, 6) is -0.784. The average Bonchev–Trinajstić information content (AvgIpc) is 2.77. The first-order chi connectivity index (χ1) is 8.22. The van der Waals surface area contributed by atoms with Gasteiger partial charge in [0.1, 0.15) is 6.42 Å². The van der Waals surface area contributed by atoms with Crippen molar-refractivity contribution in [1.82, 2.24) is 14.9 Å². The number of amides is 1. The van der Waals surface area contributed by atoms with Gasteiger partial charge in [-0.1, -0.05) is 0 Å². The fraction of sp³-hybridized carbons (Fsp3) is 0.545. The van der Waals surface area contributed by atoms with Crippen molar-refractivity contribution in [2.45, 2.75) is 26.3 Å². The highest BCUT2D eigenvalue weighted by atomic mass is 16.5. The van der Waals surface area contributed by atoms with Crippen molar-refractivity contribution in [3.63, 3.8) is 0 Å². The van der Waals surface area contributed by atoms with E-state index in [-0.39, 0.29) is 12.3 Å². The van der Waals surface area contributed by atoms with E-state index < -0.39 is 5.97 Å². The van der Waals surface area contributed by atoms with E-state index in [1.165, 1.54) is 0 Å². The minimum atomic E-state index is -0.486. The number of aryl methyl sites for hydroxylation is 1. The summed E-state index contributed by atoms with van der Waals surface area (Å²) < 4.78 is 6.59. The second kappa shape index (κ2) is 7.43. The van der Waals surface area contributed by atoms with Gasteiger partial charge in [0.15, 0.2) is 0 Å². The minimum Gasteiger partial charge on any atom is -0.466 e. The van der Waals surface area contributed by atoms with Crippen LogP contribution in [-0.4, -0.2) is 34.6 Å². The van der Waals surface area contributed by atoms with Gasteiger partial charge in [-0.2, -0.15) is 0 Å². The van der Waals surface area contributed by atoms with Gasteiger partial charge in [-0.05, 0) is 13.3 Å². The lowest BCUT2D eigenvalue weighted by molar-refractivity contribution is -0.145. The molecule has 0 aliphatic heterocycles.